The van der Waals surface area contributed by atoms with Crippen LogP contribution in [0, 0.1) is 13.8 Å². The van der Waals surface area contributed by atoms with Crippen molar-refractivity contribution >= 4 is 0 Å². The molecule has 0 saturated carbocycles. The van der Waals surface area contributed by atoms with E-state index in [0.717, 1.165) is 22.4 Å². The molecule has 17 heavy (non-hydrogen) atoms. The average molecular weight is 229 g/mol. The average Bonchev–Trinajstić information content (AvgIpc) is 2.35. The lowest BCUT2D eigenvalue weighted by Crippen LogP contribution is -2.00. The van der Waals surface area contributed by atoms with Crippen molar-refractivity contribution in [1.29, 1.82) is 0 Å². The monoisotopic (exact) mass is 229 g/mol. The maximum atomic E-state index is 5.72. The molecule has 0 unspecified atom stereocenters. The molecule has 1 aromatic carbocycles. The lowest BCUT2D eigenvalue weighted by Gasteiger charge is -2.12. The second-order valence-electron chi connectivity index (χ2n) is 3.91. The van der Waals surface area contributed by atoms with E-state index in [2.05, 4.69) is 9.97 Å². The van der Waals surface area contributed by atoms with Crippen LogP contribution in [-0.4, -0.2) is 9.97 Å². The summed E-state index contributed by atoms with van der Waals surface area (Å²) in [6.07, 6.45) is 4.81. The van der Waals surface area contributed by atoms with Crippen LogP contribution in [-0.2, 0) is 6.54 Å². The highest BCUT2D eigenvalue weighted by atomic mass is 16.5. The largest absolute Gasteiger partial charge is 0.437 e. The summed E-state index contributed by atoms with van der Waals surface area (Å²) in [6, 6.07) is 4.05. The summed E-state index contributed by atoms with van der Waals surface area (Å²) >= 11 is 0. The molecule has 4 nitrogen and oxygen atoms in total. The SMILES string of the molecule is Cc1cc(CN)cc(C)c1Oc1cnccn1. The molecule has 1 aromatic heterocycles. The fourth-order valence-corrected chi connectivity index (χ4v) is 1.76. The fraction of sp³-hybridized carbons (Fsp3) is 0.231. The Labute approximate surface area is 100 Å². The van der Waals surface area contributed by atoms with Crippen LogP contribution in [0.3, 0.4) is 0 Å². The van der Waals surface area contributed by atoms with Crippen LogP contribution in [0.15, 0.2) is 30.7 Å². The molecule has 0 saturated heterocycles. The Morgan fingerprint density at radius 1 is 1.18 bits per heavy atom. The quantitative estimate of drug-likeness (QED) is 0.877. The number of hydrogen-bond donors (Lipinski definition) is 1. The van der Waals surface area contributed by atoms with Crippen molar-refractivity contribution in [3.63, 3.8) is 0 Å². The minimum absolute atomic E-state index is 0.499. The Balaban J connectivity index is 2.33. The fourth-order valence-electron chi connectivity index (χ4n) is 1.76. The van der Waals surface area contributed by atoms with Gasteiger partial charge >= 0.3 is 0 Å². The van der Waals surface area contributed by atoms with E-state index in [-0.39, 0.29) is 0 Å². The van der Waals surface area contributed by atoms with E-state index in [1.807, 2.05) is 26.0 Å². The third-order valence-corrected chi connectivity index (χ3v) is 2.50. The molecule has 0 bridgehead atoms. The summed E-state index contributed by atoms with van der Waals surface area (Å²) in [4.78, 5) is 8.06. The number of nitrogens with zero attached hydrogens (tertiary/aromatic N) is 2. The van der Waals surface area contributed by atoms with E-state index < -0.39 is 0 Å². The third kappa shape index (κ3) is 2.60. The molecular weight excluding hydrogens is 214 g/mol. The van der Waals surface area contributed by atoms with Gasteiger partial charge in [-0.2, -0.15) is 0 Å². The maximum Gasteiger partial charge on any atom is 0.237 e. The standard InChI is InChI=1S/C13H15N3O/c1-9-5-11(7-14)6-10(2)13(9)17-12-8-15-3-4-16-12/h3-6,8H,7,14H2,1-2H3. The molecule has 0 spiro atoms. The topological polar surface area (TPSA) is 61.0 Å². The minimum Gasteiger partial charge on any atom is -0.437 e. The zero-order chi connectivity index (χ0) is 12.3. The highest BCUT2D eigenvalue weighted by Gasteiger charge is 2.07. The molecule has 0 amide bonds. The van der Waals surface area contributed by atoms with Crippen molar-refractivity contribution in [3.8, 4) is 11.6 Å². The molecule has 2 rings (SSSR count). The Bertz CT molecular complexity index is 488. The van der Waals surface area contributed by atoms with Crippen LogP contribution in [0.1, 0.15) is 16.7 Å². The number of rotatable bonds is 3. The summed E-state index contributed by atoms with van der Waals surface area (Å²) < 4.78 is 5.72. The van der Waals surface area contributed by atoms with Crippen LogP contribution in [0.4, 0.5) is 0 Å². The number of ether oxygens (including phenoxy) is 1. The molecule has 0 atom stereocenters. The van der Waals surface area contributed by atoms with Crippen LogP contribution >= 0.6 is 0 Å². The Hall–Kier alpha value is -1.94. The van der Waals surface area contributed by atoms with E-state index in [4.69, 9.17) is 10.5 Å². The van der Waals surface area contributed by atoms with Crippen molar-refractivity contribution in [2.45, 2.75) is 20.4 Å². The first-order chi connectivity index (χ1) is 8.20. The van der Waals surface area contributed by atoms with Gasteiger partial charge in [-0.25, -0.2) is 4.98 Å². The number of nitrogens with two attached hydrogens (primary N) is 1. The molecule has 4 heteroatoms. The summed E-state index contributed by atoms with van der Waals surface area (Å²) in [5.41, 5.74) is 8.83. The minimum atomic E-state index is 0.499. The highest BCUT2D eigenvalue weighted by Crippen LogP contribution is 2.28. The van der Waals surface area contributed by atoms with Gasteiger partial charge in [-0.15, -0.1) is 0 Å². The van der Waals surface area contributed by atoms with Gasteiger partial charge in [0.15, 0.2) is 0 Å². The maximum absolute atomic E-state index is 5.72. The van der Waals surface area contributed by atoms with Crippen LogP contribution in [0.5, 0.6) is 11.6 Å². The molecule has 88 valence electrons. The smallest absolute Gasteiger partial charge is 0.237 e. The molecule has 2 aromatic rings. The van der Waals surface area contributed by atoms with Gasteiger partial charge in [0, 0.05) is 18.9 Å². The van der Waals surface area contributed by atoms with E-state index >= 15 is 0 Å². The van der Waals surface area contributed by atoms with Crippen molar-refractivity contribution in [2.24, 2.45) is 5.73 Å². The zero-order valence-corrected chi connectivity index (χ0v) is 9.97. The number of aryl methyl sites for hydroxylation is 2. The van der Waals surface area contributed by atoms with E-state index in [9.17, 15) is 0 Å². The number of benzene rings is 1. The molecule has 0 radical (unpaired) electrons. The van der Waals surface area contributed by atoms with Gasteiger partial charge in [0.2, 0.25) is 5.88 Å². The van der Waals surface area contributed by atoms with Gasteiger partial charge in [-0.05, 0) is 30.5 Å². The summed E-state index contributed by atoms with van der Waals surface area (Å²) in [6.45, 7) is 4.53. The first-order valence-corrected chi connectivity index (χ1v) is 5.44. The zero-order valence-electron chi connectivity index (χ0n) is 9.97. The van der Waals surface area contributed by atoms with Gasteiger partial charge in [0.25, 0.3) is 0 Å². The molecule has 0 fully saturated rings. The normalized spacial score (nSPS) is 10.3. The Kier molecular flexibility index (Phi) is 3.35. The Morgan fingerprint density at radius 3 is 2.41 bits per heavy atom. The number of aromatic nitrogens is 2. The van der Waals surface area contributed by atoms with E-state index in [0.29, 0.717) is 12.4 Å². The first kappa shape index (κ1) is 11.5. The predicted molar refractivity (Wildman–Crippen MR) is 65.9 cm³/mol. The van der Waals surface area contributed by atoms with Gasteiger partial charge in [0.05, 0.1) is 6.20 Å². The predicted octanol–water partition coefficient (Wildman–Crippen LogP) is 2.34. The van der Waals surface area contributed by atoms with Crippen molar-refractivity contribution in [3.05, 3.63) is 47.4 Å². The summed E-state index contributed by atoms with van der Waals surface area (Å²) in [5, 5.41) is 0. The molecule has 0 aliphatic carbocycles. The van der Waals surface area contributed by atoms with E-state index in [1.54, 1.807) is 18.6 Å². The molecule has 0 aliphatic heterocycles. The van der Waals surface area contributed by atoms with E-state index in [1.165, 1.54) is 0 Å². The second-order valence-corrected chi connectivity index (χ2v) is 3.91. The van der Waals surface area contributed by atoms with Gasteiger partial charge in [-0.1, -0.05) is 12.1 Å². The van der Waals surface area contributed by atoms with Gasteiger partial charge < -0.3 is 10.5 Å². The number of hydrogen-bond acceptors (Lipinski definition) is 4. The molecular formula is C13H15N3O. The van der Waals surface area contributed by atoms with Crippen LogP contribution < -0.4 is 10.5 Å². The lowest BCUT2D eigenvalue weighted by molar-refractivity contribution is 0.453. The van der Waals surface area contributed by atoms with Gasteiger partial charge in [-0.3, -0.25) is 4.98 Å². The summed E-state index contributed by atoms with van der Waals surface area (Å²) in [5.74, 6) is 1.32. The second kappa shape index (κ2) is 4.93. The Morgan fingerprint density at radius 2 is 1.88 bits per heavy atom. The third-order valence-electron chi connectivity index (χ3n) is 2.50. The van der Waals surface area contributed by atoms with Crippen LogP contribution in [0.2, 0.25) is 0 Å². The highest BCUT2D eigenvalue weighted by molar-refractivity contribution is 5.44. The molecule has 1 heterocycles. The van der Waals surface area contributed by atoms with Crippen molar-refractivity contribution < 1.29 is 4.74 Å². The molecule has 0 aliphatic rings. The van der Waals surface area contributed by atoms with Crippen molar-refractivity contribution in [2.75, 3.05) is 0 Å². The van der Waals surface area contributed by atoms with Crippen LogP contribution in [0.25, 0.3) is 0 Å². The summed E-state index contributed by atoms with van der Waals surface area (Å²) in [7, 11) is 0. The molecule has 2 N–H and O–H groups in total. The first-order valence-electron chi connectivity index (χ1n) is 5.44. The van der Waals surface area contributed by atoms with Gasteiger partial charge in [0.1, 0.15) is 5.75 Å². The lowest BCUT2D eigenvalue weighted by atomic mass is 10.1. The van der Waals surface area contributed by atoms with Crippen molar-refractivity contribution in [1.82, 2.24) is 9.97 Å².